The van der Waals surface area contributed by atoms with Crippen molar-refractivity contribution in [1.29, 1.82) is 0 Å². The first-order chi connectivity index (χ1) is 15.0. The number of anilines is 1. The van der Waals surface area contributed by atoms with Crippen molar-refractivity contribution in [3.8, 4) is 5.75 Å². The summed E-state index contributed by atoms with van der Waals surface area (Å²) in [5.41, 5.74) is 0.675. The molecule has 2 heterocycles. The standard InChI is InChI=1S/C24H17N3O4/c1-27-18-9-5-4-8-15(18)22(29)20(24(27)31)21-17(23(30)26-25-21)12-16-14-7-3-2-6-13(14)10-11-19(16)28/h2-12,25,28H,1H3,(H,26,30)/b17-12-,21-20-. The van der Waals surface area contributed by atoms with Crippen molar-refractivity contribution in [1.82, 2.24) is 10.2 Å². The van der Waals surface area contributed by atoms with Crippen LogP contribution in [0.3, 0.4) is 0 Å². The average Bonchev–Trinajstić information content (AvgIpc) is 3.14. The number of phenolic OH excluding ortho intramolecular Hbond substituents is 1. The lowest BCUT2D eigenvalue weighted by molar-refractivity contribution is -0.113. The maximum Gasteiger partial charge on any atom is 0.271 e. The molecular weight excluding hydrogens is 394 g/mol. The summed E-state index contributed by atoms with van der Waals surface area (Å²) in [7, 11) is 1.58. The van der Waals surface area contributed by atoms with Crippen LogP contribution in [0, 0.1) is 0 Å². The second-order valence-electron chi connectivity index (χ2n) is 7.32. The maximum atomic E-state index is 13.2. The number of rotatable bonds is 1. The van der Waals surface area contributed by atoms with Crippen molar-refractivity contribution < 1.29 is 14.7 Å². The fourth-order valence-electron chi connectivity index (χ4n) is 3.97. The summed E-state index contributed by atoms with van der Waals surface area (Å²) in [6.45, 7) is 0. The van der Waals surface area contributed by atoms with Crippen LogP contribution < -0.4 is 21.0 Å². The van der Waals surface area contributed by atoms with Gasteiger partial charge in [-0.3, -0.25) is 24.6 Å². The zero-order valence-electron chi connectivity index (χ0n) is 16.5. The number of amides is 1. The van der Waals surface area contributed by atoms with E-state index in [2.05, 4.69) is 10.2 Å². The molecule has 3 aromatic carbocycles. The van der Waals surface area contributed by atoms with Gasteiger partial charge in [-0.1, -0.05) is 42.5 Å². The molecule has 152 valence electrons. The second-order valence-corrected chi connectivity index (χ2v) is 7.32. The topological polar surface area (TPSA) is 106 Å². The molecule has 1 aliphatic heterocycles. The number of hydrogen-bond acceptors (Lipinski definition) is 4. The molecule has 0 fully saturated rings. The second kappa shape index (κ2) is 6.84. The van der Waals surface area contributed by atoms with E-state index in [9.17, 15) is 19.5 Å². The average molecular weight is 411 g/mol. The maximum absolute atomic E-state index is 13.2. The summed E-state index contributed by atoms with van der Waals surface area (Å²) < 4.78 is 0. The summed E-state index contributed by atoms with van der Waals surface area (Å²) >= 11 is 0. The van der Waals surface area contributed by atoms with Crippen LogP contribution in [-0.2, 0) is 4.79 Å². The Hall–Kier alpha value is -4.39. The number of aromatic amines is 2. The Balaban J connectivity index is 1.87. The third-order valence-electron chi connectivity index (χ3n) is 5.56. The number of aromatic hydroxyl groups is 1. The van der Waals surface area contributed by atoms with Crippen LogP contribution in [0.1, 0.15) is 15.9 Å². The first-order valence-corrected chi connectivity index (χ1v) is 9.62. The van der Waals surface area contributed by atoms with Crippen molar-refractivity contribution in [2.75, 3.05) is 11.9 Å². The zero-order chi connectivity index (χ0) is 21.7. The van der Waals surface area contributed by atoms with Gasteiger partial charge in [0.05, 0.1) is 16.3 Å². The molecule has 31 heavy (non-hydrogen) atoms. The minimum absolute atomic E-state index is 0.0148. The van der Waals surface area contributed by atoms with E-state index >= 15 is 0 Å². The summed E-state index contributed by atoms with van der Waals surface area (Å²) in [5.74, 6) is -1.000. The van der Waals surface area contributed by atoms with Gasteiger partial charge in [-0.15, -0.1) is 0 Å². The lowest BCUT2D eigenvalue weighted by atomic mass is 9.94. The van der Waals surface area contributed by atoms with E-state index in [0.717, 1.165) is 10.8 Å². The Labute approximate surface area is 175 Å². The van der Waals surface area contributed by atoms with Gasteiger partial charge in [-0.2, -0.15) is 0 Å². The molecule has 0 radical (unpaired) electrons. The van der Waals surface area contributed by atoms with Gasteiger partial charge >= 0.3 is 0 Å². The highest BCUT2D eigenvalue weighted by atomic mass is 16.3. The van der Waals surface area contributed by atoms with Crippen molar-refractivity contribution in [2.24, 2.45) is 0 Å². The van der Waals surface area contributed by atoms with Crippen LogP contribution in [0.2, 0.25) is 0 Å². The summed E-state index contributed by atoms with van der Waals surface area (Å²) in [4.78, 5) is 40.3. The molecule has 1 aliphatic rings. The van der Waals surface area contributed by atoms with Gasteiger partial charge in [0.15, 0.2) is 0 Å². The summed E-state index contributed by atoms with van der Waals surface area (Å²) in [6, 6.07) is 17.6. The molecule has 0 spiro atoms. The molecule has 4 aromatic rings. The van der Waals surface area contributed by atoms with Gasteiger partial charge in [0.1, 0.15) is 11.3 Å². The van der Waals surface area contributed by atoms with E-state index in [1.807, 2.05) is 24.3 Å². The third kappa shape index (κ3) is 2.78. The van der Waals surface area contributed by atoms with E-state index in [0.29, 0.717) is 16.8 Å². The number of para-hydroxylation sites is 1. The molecule has 0 unspecified atom stereocenters. The fourth-order valence-corrected chi connectivity index (χ4v) is 3.97. The number of fused-ring (bicyclic) bond motifs is 2. The normalized spacial score (nSPS) is 16.2. The van der Waals surface area contributed by atoms with Crippen molar-refractivity contribution in [3.63, 3.8) is 0 Å². The van der Waals surface area contributed by atoms with Crippen LogP contribution in [0.4, 0.5) is 5.69 Å². The number of carbonyl (C=O) groups is 2. The number of nitrogens with one attached hydrogen (secondary N) is 2. The smallest absolute Gasteiger partial charge is 0.271 e. The number of hydrogen-bond donors (Lipinski definition) is 3. The molecule has 0 bridgehead atoms. The van der Waals surface area contributed by atoms with Crippen molar-refractivity contribution in [3.05, 3.63) is 92.7 Å². The molecule has 0 atom stereocenters. The van der Waals surface area contributed by atoms with Crippen LogP contribution in [0.5, 0.6) is 5.75 Å². The number of benzene rings is 3. The molecule has 7 heteroatoms. The van der Waals surface area contributed by atoms with Gasteiger partial charge in [-0.05, 0) is 35.0 Å². The summed E-state index contributed by atoms with van der Waals surface area (Å²) in [5, 5.41) is 17.4. The van der Waals surface area contributed by atoms with Gasteiger partial charge in [0, 0.05) is 18.2 Å². The number of ketones is 1. The minimum atomic E-state index is -0.518. The predicted molar refractivity (Wildman–Crippen MR) is 117 cm³/mol. The number of aromatic nitrogens is 2. The SMILES string of the molecule is CN1C(=O)/C(=c2\[nH][nH]c(=O)\c2=C/c2c(O)ccc3ccccc23)C(=O)c2ccccc21. The summed E-state index contributed by atoms with van der Waals surface area (Å²) in [6.07, 6.45) is 1.50. The molecule has 1 aromatic heterocycles. The Morgan fingerprint density at radius 2 is 1.65 bits per heavy atom. The largest absolute Gasteiger partial charge is 0.507 e. The van der Waals surface area contributed by atoms with E-state index in [1.165, 1.54) is 11.0 Å². The minimum Gasteiger partial charge on any atom is -0.507 e. The van der Waals surface area contributed by atoms with E-state index in [1.54, 1.807) is 43.4 Å². The highest BCUT2D eigenvalue weighted by Gasteiger charge is 2.33. The lowest BCUT2D eigenvalue weighted by Gasteiger charge is -2.25. The Morgan fingerprint density at radius 1 is 0.903 bits per heavy atom. The molecule has 5 rings (SSSR count). The first-order valence-electron chi connectivity index (χ1n) is 9.62. The lowest BCUT2D eigenvalue weighted by Crippen LogP contribution is -2.44. The van der Waals surface area contributed by atoms with Gasteiger partial charge < -0.3 is 10.0 Å². The van der Waals surface area contributed by atoms with Gasteiger partial charge in [0.2, 0.25) is 5.78 Å². The Bertz CT molecular complexity index is 1580. The monoisotopic (exact) mass is 411 g/mol. The van der Waals surface area contributed by atoms with E-state index < -0.39 is 17.2 Å². The number of nitrogens with zero attached hydrogens (tertiary/aromatic N) is 1. The molecular formula is C24H17N3O4. The zero-order valence-corrected chi connectivity index (χ0v) is 16.5. The number of H-pyrrole nitrogens is 2. The van der Waals surface area contributed by atoms with Crippen LogP contribution in [0.25, 0.3) is 22.4 Å². The van der Waals surface area contributed by atoms with E-state index in [-0.39, 0.29) is 21.9 Å². The quantitative estimate of drug-likeness (QED) is 0.440. The first kappa shape index (κ1) is 18.6. The molecule has 7 nitrogen and oxygen atoms in total. The third-order valence-corrected chi connectivity index (χ3v) is 5.56. The molecule has 0 saturated heterocycles. The highest BCUT2D eigenvalue weighted by molar-refractivity contribution is 6.51. The van der Waals surface area contributed by atoms with Gasteiger partial charge in [-0.25, -0.2) is 0 Å². The highest BCUT2D eigenvalue weighted by Crippen LogP contribution is 2.29. The van der Waals surface area contributed by atoms with E-state index in [4.69, 9.17) is 0 Å². The molecule has 3 N–H and O–H groups in total. The van der Waals surface area contributed by atoms with Crippen LogP contribution in [-0.4, -0.2) is 34.0 Å². The molecule has 1 amide bonds. The van der Waals surface area contributed by atoms with Crippen LogP contribution in [0.15, 0.2) is 65.5 Å². The predicted octanol–water partition coefficient (Wildman–Crippen LogP) is 1.40. The Morgan fingerprint density at radius 3 is 2.48 bits per heavy atom. The van der Waals surface area contributed by atoms with Crippen molar-refractivity contribution >= 4 is 39.8 Å². The Kier molecular flexibility index (Phi) is 4.11. The fraction of sp³-hybridized carbons (Fsp3) is 0.0417. The van der Waals surface area contributed by atoms with Crippen LogP contribution >= 0.6 is 0 Å². The molecule has 0 saturated carbocycles. The number of phenols is 1. The number of carbonyl (C=O) groups excluding carboxylic acids is 2. The number of Topliss-reactive ketones (excluding diaryl/α,β-unsaturated/α-hetero) is 1. The molecule has 0 aliphatic carbocycles. The van der Waals surface area contributed by atoms with Crippen molar-refractivity contribution in [2.45, 2.75) is 0 Å². The van der Waals surface area contributed by atoms with Gasteiger partial charge in [0.25, 0.3) is 11.5 Å².